The van der Waals surface area contributed by atoms with Gasteiger partial charge in [-0.15, -0.1) is 0 Å². The molecule has 0 aliphatic carbocycles. The minimum absolute atomic E-state index is 0.135. The molecule has 1 aromatic carbocycles. The Balaban J connectivity index is 2.78. The summed E-state index contributed by atoms with van der Waals surface area (Å²) < 4.78 is 0.719. The molecule has 1 rings (SSSR count). The lowest BCUT2D eigenvalue weighted by molar-refractivity contribution is -0.862. The lowest BCUT2D eigenvalue weighted by Crippen LogP contribution is -2.34. The quantitative estimate of drug-likeness (QED) is 0.683. The Labute approximate surface area is 118 Å². The predicted molar refractivity (Wildman–Crippen MR) is 77.5 cm³/mol. The maximum absolute atomic E-state index is 11.2. The Morgan fingerprint density at radius 2 is 2.05 bits per heavy atom. The van der Waals surface area contributed by atoms with Gasteiger partial charge in [0.15, 0.2) is 0 Å². The van der Waals surface area contributed by atoms with Crippen molar-refractivity contribution in [3.63, 3.8) is 0 Å². The zero-order chi connectivity index (χ0) is 14.5. The van der Waals surface area contributed by atoms with Crippen LogP contribution in [0.4, 0.5) is 10.5 Å². The molecule has 0 saturated carbocycles. The van der Waals surface area contributed by atoms with Crippen LogP contribution in [0.3, 0.4) is 0 Å². The van der Waals surface area contributed by atoms with Gasteiger partial charge in [-0.05, 0) is 24.1 Å². The molecule has 1 N–H and O–H groups in total. The van der Waals surface area contributed by atoms with Crippen LogP contribution in [-0.4, -0.2) is 49.9 Å². The summed E-state index contributed by atoms with van der Waals surface area (Å²) in [5.74, 6) is 5.86. The molecule has 102 valence electrons. The zero-order valence-corrected chi connectivity index (χ0v) is 12.1. The molecular formula is C14H18ClN2O2+. The molecule has 0 radical (unpaired) electrons. The molecule has 1 amide bonds. The first-order chi connectivity index (χ1) is 8.79. The van der Waals surface area contributed by atoms with Crippen LogP contribution in [0, 0.1) is 11.8 Å². The number of carboxylic acid groups (broad SMARTS) is 1. The van der Waals surface area contributed by atoms with Gasteiger partial charge in [-0.3, -0.25) is 4.90 Å². The topological polar surface area (TPSA) is 40.5 Å². The molecule has 0 unspecified atom stereocenters. The number of amides is 1. The van der Waals surface area contributed by atoms with Crippen molar-refractivity contribution >= 4 is 23.4 Å². The second kappa shape index (κ2) is 6.46. The summed E-state index contributed by atoms with van der Waals surface area (Å²) in [5, 5.41) is 9.69. The molecule has 0 aliphatic rings. The summed E-state index contributed by atoms with van der Waals surface area (Å²) >= 11 is 5.86. The smallest absolute Gasteiger partial charge is 0.412 e. The van der Waals surface area contributed by atoms with E-state index in [4.69, 9.17) is 11.6 Å². The SMILES string of the molecule is C[N+](C)(C)CC#CCN(C(=O)O)c1cccc(Cl)c1. The summed E-state index contributed by atoms with van der Waals surface area (Å²) in [4.78, 5) is 12.4. The van der Waals surface area contributed by atoms with Crippen LogP contribution >= 0.6 is 11.6 Å². The number of rotatable bonds is 3. The number of carbonyl (C=O) groups is 1. The Bertz CT molecular complexity index is 512. The Kier molecular flexibility index (Phi) is 5.22. The second-order valence-electron chi connectivity index (χ2n) is 5.15. The molecule has 0 atom stereocenters. The van der Waals surface area contributed by atoms with Gasteiger partial charge < -0.3 is 9.59 Å². The standard InChI is InChI=1S/C14H17ClN2O2/c1-17(2,3)10-5-4-9-16(14(18)19)13-8-6-7-12(15)11-13/h6-8,11H,9-10H2,1-3H3/p+1. The summed E-state index contributed by atoms with van der Waals surface area (Å²) in [6, 6.07) is 6.72. The van der Waals surface area contributed by atoms with Crippen LogP contribution in [0.1, 0.15) is 0 Å². The summed E-state index contributed by atoms with van der Waals surface area (Å²) in [6.45, 7) is 0.804. The van der Waals surface area contributed by atoms with Gasteiger partial charge in [0.1, 0.15) is 6.54 Å². The number of anilines is 1. The molecule has 0 bridgehead atoms. The van der Waals surface area contributed by atoms with Crippen LogP contribution in [0.5, 0.6) is 0 Å². The van der Waals surface area contributed by atoms with Crippen LogP contribution in [0.15, 0.2) is 24.3 Å². The van der Waals surface area contributed by atoms with E-state index in [1.165, 1.54) is 4.90 Å². The fourth-order valence-electron chi connectivity index (χ4n) is 1.34. The van der Waals surface area contributed by atoms with Crippen LogP contribution in [-0.2, 0) is 0 Å². The maximum atomic E-state index is 11.2. The zero-order valence-electron chi connectivity index (χ0n) is 11.4. The molecule has 0 aliphatic heterocycles. The van der Waals surface area contributed by atoms with Crippen LogP contribution in [0.2, 0.25) is 5.02 Å². The molecule has 1 aromatic rings. The van der Waals surface area contributed by atoms with E-state index in [2.05, 4.69) is 11.8 Å². The highest BCUT2D eigenvalue weighted by atomic mass is 35.5. The van der Waals surface area contributed by atoms with Gasteiger partial charge in [0.2, 0.25) is 0 Å². The third kappa shape index (κ3) is 5.64. The van der Waals surface area contributed by atoms with Crippen molar-refractivity contribution in [1.82, 2.24) is 0 Å². The number of halogens is 1. The predicted octanol–water partition coefficient (Wildman–Crippen LogP) is 2.53. The van der Waals surface area contributed by atoms with E-state index >= 15 is 0 Å². The molecule has 0 aromatic heterocycles. The molecular weight excluding hydrogens is 264 g/mol. The first-order valence-corrected chi connectivity index (χ1v) is 6.19. The molecule has 0 saturated heterocycles. The fraction of sp³-hybridized carbons (Fsp3) is 0.357. The molecule has 4 nitrogen and oxygen atoms in total. The fourth-order valence-corrected chi connectivity index (χ4v) is 1.53. The van der Waals surface area contributed by atoms with Crippen molar-refractivity contribution < 1.29 is 14.4 Å². The first-order valence-electron chi connectivity index (χ1n) is 5.82. The molecule has 0 heterocycles. The van der Waals surface area contributed by atoms with Crippen molar-refractivity contribution in [2.45, 2.75) is 0 Å². The third-order valence-corrected chi connectivity index (χ3v) is 2.50. The van der Waals surface area contributed by atoms with E-state index < -0.39 is 6.09 Å². The minimum Gasteiger partial charge on any atom is -0.465 e. The second-order valence-corrected chi connectivity index (χ2v) is 5.59. The minimum atomic E-state index is -1.04. The number of nitrogens with zero attached hydrogens (tertiary/aromatic N) is 2. The Morgan fingerprint density at radius 3 is 2.58 bits per heavy atom. The number of quaternary nitrogens is 1. The molecule has 5 heteroatoms. The van der Waals surface area contributed by atoms with Gasteiger partial charge in [0, 0.05) is 10.7 Å². The van der Waals surface area contributed by atoms with Crippen molar-refractivity contribution in [1.29, 1.82) is 0 Å². The highest BCUT2D eigenvalue weighted by Gasteiger charge is 2.13. The lowest BCUT2D eigenvalue weighted by Gasteiger charge is -2.20. The van der Waals surface area contributed by atoms with Crippen molar-refractivity contribution in [2.24, 2.45) is 0 Å². The van der Waals surface area contributed by atoms with Crippen molar-refractivity contribution in [2.75, 3.05) is 39.1 Å². The van der Waals surface area contributed by atoms with E-state index in [0.717, 1.165) is 4.48 Å². The van der Waals surface area contributed by atoms with Gasteiger partial charge in [-0.1, -0.05) is 23.6 Å². The lowest BCUT2D eigenvalue weighted by atomic mass is 10.3. The van der Waals surface area contributed by atoms with Crippen LogP contribution in [0.25, 0.3) is 0 Å². The third-order valence-electron chi connectivity index (χ3n) is 2.27. The number of hydrogen-bond acceptors (Lipinski definition) is 1. The Morgan fingerprint density at radius 1 is 1.37 bits per heavy atom. The highest BCUT2D eigenvalue weighted by molar-refractivity contribution is 6.30. The van der Waals surface area contributed by atoms with Gasteiger partial charge in [0.25, 0.3) is 0 Å². The van der Waals surface area contributed by atoms with Gasteiger partial charge in [-0.2, -0.15) is 0 Å². The summed E-state index contributed by atoms with van der Waals surface area (Å²) in [6.07, 6.45) is -1.04. The number of hydrogen-bond donors (Lipinski definition) is 1. The number of benzene rings is 1. The van der Waals surface area contributed by atoms with E-state index in [0.29, 0.717) is 17.3 Å². The molecule has 0 spiro atoms. The Hall–Kier alpha value is -1.70. The van der Waals surface area contributed by atoms with Crippen molar-refractivity contribution in [3.8, 4) is 11.8 Å². The van der Waals surface area contributed by atoms with E-state index in [1.807, 2.05) is 21.1 Å². The first kappa shape index (κ1) is 15.4. The maximum Gasteiger partial charge on any atom is 0.412 e. The van der Waals surface area contributed by atoms with Gasteiger partial charge >= 0.3 is 6.09 Å². The summed E-state index contributed by atoms with van der Waals surface area (Å²) in [7, 11) is 6.09. The normalized spacial score (nSPS) is 10.5. The van der Waals surface area contributed by atoms with Gasteiger partial charge in [0.05, 0.1) is 27.7 Å². The highest BCUT2D eigenvalue weighted by Crippen LogP contribution is 2.19. The largest absolute Gasteiger partial charge is 0.465 e. The van der Waals surface area contributed by atoms with E-state index in [9.17, 15) is 9.90 Å². The molecule has 19 heavy (non-hydrogen) atoms. The molecule has 0 fully saturated rings. The summed E-state index contributed by atoms with van der Waals surface area (Å²) in [5.41, 5.74) is 0.527. The van der Waals surface area contributed by atoms with Gasteiger partial charge in [-0.25, -0.2) is 4.79 Å². The average Bonchev–Trinajstić information content (AvgIpc) is 2.26. The monoisotopic (exact) mass is 281 g/mol. The van der Waals surface area contributed by atoms with Crippen molar-refractivity contribution in [3.05, 3.63) is 29.3 Å². The van der Waals surface area contributed by atoms with Crippen LogP contribution < -0.4 is 4.90 Å². The van der Waals surface area contributed by atoms with E-state index in [-0.39, 0.29) is 6.54 Å². The average molecular weight is 282 g/mol. The van der Waals surface area contributed by atoms with E-state index in [1.54, 1.807) is 24.3 Å².